The Morgan fingerprint density at radius 2 is 1.95 bits per heavy atom. The first-order chi connectivity index (χ1) is 10.4. The van der Waals surface area contributed by atoms with Crippen LogP contribution >= 0.6 is 0 Å². The number of carbonyl (C=O) groups excluding carboxylic acids is 2. The van der Waals surface area contributed by atoms with Gasteiger partial charge in [0.05, 0.1) is 6.61 Å². The molecule has 0 spiro atoms. The Kier molecular flexibility index (Phi) is 7.36. The van der Waals surface area contributed by atoms with Gasteiger partial charge in [0.1, 0.15) is 6.04 Å². The Labute approximate surface area is 130 Å². The SMILES string of the molecule is CC(=O)NC(C(=O)NCCCOc1ccccc1F)C(C)C. The van der Waals surface area contributed by atoms with Gasteiger partial charge in [-0.15, -0.1) is 0 Å². The maximum atomic E-state index is 13.3. The minimum Gasteiger partial charge on any atom is -0.490 e. The maximum Gasteiger partial charge on any atom is 0.242 e. The molecular formula is C16H23FN2O3. The molecule has 0 saturated carbocycles. The van der Waals surface area contributed by atoms with E-state index in [1.165, 1.54) is 13.0 Å². The predicted octanol–water partition coefficient (Wildman–Crippen LogP) is 1.87. The van der Waals surface area contributed by atoms with Crippen LogP contribution in [0.4, 0.5) is 4.39 Å². The van der Waals surface area contributed by atoms with E-state index < -0.39 is 11.9 Å². The summed E-state index contributed by atoms with van der Waals surface area (Å²) in [5.74, 6) is -0.671. The van der Waals surface area contributed by atoms with Crippen molar-refractivity contribution in [2.24, 2.45) is 5.92 Å². The molecule has 0 radical (unpaired) electrons. The zero-order valence-electron chi connectivity index (χ0n) is 13.2. The number of amides is 2. The van der Waals surface area contributed by atoms with Crippen LogP contribution in [0.15, 0.2) is 24.3 Å². The molecule has 1 aromatic rings. The normalized spacial score (nSPS) is 11.9. The number of hydrogen-bond donors (Lipinski definition) is 2. The molecule has 5 nitrogen and oxygen atoms in total. The molecule has 1 aromatic carbocycles. The molecule has 122 valence electrons. The summed E-state index contributed by atoms with van der Waals surface area (Å²) in [4.78, 5) is 23.1. The smallest absolute Gasteiger partial charge is 0.242 e. The number of hydrogen-bond acceptors (Lipinski definition) is 3. The third kappa shape index (κ3) is 6.11. The molecule has 1 atom stereocenters. The minimum absolute atomic E-state index is 0.00133. The van der Waals surface area contributed by atoms with Gasteiger partial charge in [0.25, 0.3) is 0 Å². The first-order valence-corrected chi connectivity index (χ1v) is 7.34. The zero-order valence-corrected chi connectivity index (χ0v) is 13.2. The van der Waals surface area contributed by atoms with E-state index in [4.69, 9.17) is 4.74 Å². The van der Waals surface area contributed by atoms with Crippen molar-refractivity contribution in [3.8, 4) is 5.75 Å². The highest BCUT2D eigenvalue weighted by Gasteiger charge is 2.22. The third-order valence-electron chi connectivity index (χ3n) is 3.02. The van der Waals surface area contributed by atoms with Crippen molar-refractivity contribution in [3.63, 3.8) is 0 Å². The molecule has 0 bridgehead atoms. The van der Waals surface area contributed by atoms with Crippen LogP contribution in [0.3, 0.4) is 0 Å². The molecular weight excluding hydrogens is 287 g/mol. The number of nitrogens with one attached hydrogen (secondary N) is 2. The topological polar surface area (TPSA) is 67.4 Å². The molecule has 2 N–H and O–H groups in total. The van der Waals surface area contributed by atoms with Crippen molar-refractivity contribution < 1.29 is 18.7 Å². The monoisotopic (exact) mass is 310 g/mol. The van der Waals surface area contributed by atoms with Crippen LogP contribution in [0.1, 0.15) is 27.2 Å². The van der Waals surface area contributed by atoms with Crippen LogP contribution in [-0.4, -0.2) is 31.0 Å². The van der Waals surface area contributed by atoms with E-state index in [1.54, 1.807) is 18.2 Å². The largest absolute Gasteiger partial charge is 0.490 e. The average molecular weight is 310 g/mol. The Morgan fingerprint density at radius 3 is 2.55 bits per heavy atom. The van der Waals surface area contributed by atoms with Crippen molar-refractivity contribution in [2.45, 2.75) is 33.2 Å². The number of benzene rings is 1. The number of ether oxygens (including phenoxy) is 1. The maximum absolute atomic E-state index is 13.3. The summed E-state index contributed by atoms with van der Waals surface area (Å²) in [6.45, 7) is 5.80. The van der Waals surface area contributed by atoms with Gasteiger partial charge in [0.15, 0.2) is 11.6 Å². The van der Waals surface area contributed by atoms with E-state index in [0.717, 1.165) is 0 Å². The van der Waals surface area contributed by atoms with Gasteiger partial charge in [-0.2, -0.15) is 0 Å². The highest BCUT2D eigenvalue weighted by Crippen LogP contribution is 2.15. The Hall–Kier alpha value is -2.11. The summed E-state index contributed by atoms with van der Waals surface area (Å²) in [6, 6.07) is 5.62. The summed E-state index contributed by atoms with van der Waals surface area (Å²) < 4.78 is 18.6. The van der Waals surface area contributed by atoms with Gasteiger partial charge in [-0.1, -0.05) is 26.0 Å². The van der Waals surface area contributed by atoms with Crippen molar-refractivity contribution in [1.82, 2.24) is 10.6 Å². The summed E-state index contributed by atoms with van der Waals surface area (Å²) >= 11 is 0. The molecule has 0 saturated heterocycles. The predicted molar refractivity (Wildman–Crippen MR) is 82.0 cm³/mol. The van der Waals surface area contributed by atoms with Gasteiger partial charge in [-0.25, -0.2) is 4.39 Å². The average Bonchev–Trinajstić information content (AvgIpc) is 2.45. The first kappa shape index (κ1) is 17.9. The molecule has 2 amide bonds. The second-order valence-electron chi connectivity index (χ2n) is 5.35. The van der Waals surface area contributed by atoms with Gasteiger partial charge < -0.3 is 15.4 Å². The van der Waals surface area contributed by atoms with Crippen LogP contribution in [0, 0.1) is 11.7 Å². The number of carbonyl (C=O) groups is 2. The highest BCUT2D eigenvalue weighted by molar-refractivity contribution is 5.86. The van der Waals surface area contributed by atoms with E-state index in [1.807, 2.05) is 13.8 Å². The molecule has 1 rings (SSSR count). The van der Waals surface area contributed by atoms with Gasteiger partial charge in [0.2, 0.25) is 11.8 Å². The van der Waals surface area contributed by atoms with Crippen LogP contribution in [0.5, 0.6) is 5.75 Å². The van der Waals surface area contributed by atoms with E-state index in [-0.39, 0.29) is 23.5 Å². The van der Waals surface area contributed by atoms with Gasteiger partial charge in [-0.3, -0.25) is 9.59 Å². The Morgan fingerprint density at radius 1 is 1.27 bits per heavy atom. The molecule has 0 aliphatic carbocycles. The second-order valence-corrected chi connectivity index (χ2v) is 5.35. The van der Waals surface area contributed by atoms with E-state index in [9.17, 15) is 14.0 Å². The van der Waals surface area contributed by atoms with Crippen LogP contribution in [0.2, 0.25) is 0 Å². The van der Waals surface area contributed by atoms with Crippen molar-refractivity contribution in [3.05, 3.63) is 30.1 Å². The molecule has 0 aliphatic rings. The van der Waals surface area contributed by atoms with Crippen molar-refractivity contribution in [1.29, 1.82) is 0 Å². The van der Waals surface area contributed by atoms with Crippen molar-refractivity contribution >= 4 is 11.8 Å². The zero-order chi connectivity index (χ0) is 16.5. The van der Waals surface area contributed by atoms with Crippen molar-refractivity contribution in [2.75, 3.05) is 13.2 Å². The third-order valence-corrected chi connectivity index (χ3v) is 3.02. The highest BCUT2D eigenvalue weighted by atomic mass is 19.1. The fourth-order valence-electron chi connectivity index (χ4n) is 1.89. The standard InChI is InChI=1S/C16H23FN2O3/c1-11(2)15(19-12(3)20)16(21)18-9-6-10-22-14-8-5-4-7-13(14)17/h4-5,7-8,11,15H,6,9-10H2,1-3H3,(H,18,21)(H,19,20). The van der Waals surface area contributed by atoms with Crippen LogP contribution in [-0.2, 0) is 9.59 Å². The summed E-state index contributed by atoms with van der Waals surface area (Å²) in [6.07, 6.45) is 0.547. The lowest BCUT2D eigenvalue weighted by Crippen LogP contribution is -2.49. The second kappa shape index (κ2) is 9.02. The molecule has 0 heterocycles. The first-order valence-electron chi connectivity index (χ1n) is 7.34. The Bertz CT molecular complexity index is 506. The van der Waals surface area contributed by atoms with Gasteiger partial charge >= 0.3 is 0 Å². The number of rotatable bonds is 8. The number of halogens is 1. The summed E-state index contributed by atoms with van der Waals surface area (Å²) in [5.41, 5.74) is 0. The fourth-order valence-corrected chi connectivity index (χ4v) is 1.89. The van der Waals surface area contributed by atoms with E-state index in [0.29, 0.717) is 19.6 Å². The summed E-state index contributed by atoms with van der Waals surface area (Å²) in [5, 5.41) is 5.36. The molecule has 0 fully saturated rings. The summed E-state index contributed by atoms with van der Waals surface area (Å²) in [7, 11) is 0. The molecule has 0 aliphatic heterocycles. The van der Waals surface area contributed by atoms with E-state index in [2.05, 4.69) is 10.6 Å². The number of para-hydroxylation sites is 1. The van der Waals surface area contributed by atoms with Gasteiger partial charge in [-0.05, 0) is 24.5 Å². The quantitative estimate of drug-likeness (QED) is 0.720. The molecule has 6 heteroatoms. The molecule has 0 aromatic heterocycles. The fraction of sp³-hybridized carbons (Fsp3) is 0.500. The Balaban J connectivity index is 2.29. The van der Waals surface area contributed by atoms with Crippen LogP contribution in [0.25, 0.3) is 0 Å². The van der Waals surface area contributed by atoms with Gasteiger partial charge in [0, 0.05) is 13.5 Å². The van der Waals surface area contributed by atoms with Crippen LogP contribution < -0.4 is 15.4 Å². The minimum atomic E-state index is -0.551. The lowest BCUT2D eigenvalue weighted by molar-refractivity contribution is -0.129. The molecule has 22 heavy (non-hydrogen) atoms. The lowest BCUT2D eigenvalue weighted by atomic mass is 10.0. The van der Waals surface area contributed by atoms with E-state index >= 15 is 0 Å². The lowest BCUT2D eigenvalue weighted by Gasteiger charge is -2.20. The molecule has 1 unspecified atom stereocenters.